The third-order valence-electron chi connectivity index (χ3n) is 3.68. The molecule has 1 aromatic carbocycles. The van der Waals surface area contributed by atoms with E-state index >= 15 is 0 Å². The van der Waals surface area contributed by atoms with E-state index in [9.17, 15) is 0 Å². The average molecular weight is 325 g/mol. The smallest absolute Gasteiger partial charge is 0.225 e. The maximum Gasteiger partial charge on any atom is 0.225 e. The minimum atomic E-state index is 0.591. The molecular weight excluding hydrogens is 302 g/mol. The van der Waals surface area contributed by atoms with Gasteiger partial charge in [-0.25, -0.2) is 4.98 Å². The zero-order valence-corrected chi connectivity index (χ0v) is 14.1. The van der Waals surface area contributed by atoms with Gasteiger partial charge in [0.1, 0.15) is 11.6 Å². The summed E-state index contributed by atoms with van der Waals surface area (Å²) in [6.07, 6.45) is 2.71. The molecule has 0 aliphatic rings. The number of para-hydroxylation sites is 1. The van der Waals surface area contributed by atoms with Crippen LogP contribution in [0.4, 0.5) is 11.8 Å². The van der Waals surface area contributed by atoms with E-state index in [0.717, 1.165) is 42.0 Å². The number of anilines is 2. The molecule has 2 N–H and O–H groups in total. The molecule has 0 unspecified atom stereocenters. The van der Waals surface area contributed by atoms with Crippen molar-refractivity contribution in [1.82, 2.24) is 14.9 Å². The van der Waals surface area contributed by atoms with Crippen molar-refractivity contribution >= 4 is 22.7 Å². The van der Waals surface area contributed by atoms with Gasteiger partial charge in [0.25, 0.3) is 0 Å². The first-order valence-electron chi connectivity index (χ1n) is 8.14. The highest BCUT2D eigenvalue weighted by atomic mass is 16.3. The normalized spacial score (nSPS) is 11.1. The van der Waals surface area contributed by atoms with Gasteiger partial charge in [0, 0.05) is 11.9 Å². The molecule has 24 heavy (non-hydrogen) atoms. The summed E-state index contributed by atoms with van der Waals surface area (Å²) in [5, 5.41) is 7.66. The van der Waals surface area contributed by atoms with Gasteiger partial charge in [0.15, 0.2) is 0 Å². The van der Waals surface area contributed by atoms with Crippen molar-refractivity contribution in [3.63, 3.8) is 0 Å². The van der Waals surface area contributed by atoms with Crippen LogP contribution >= 0.6 is 0 Å². The minimum Gasteiger partial charge on any atom is -0.467 e. The summed E-state index contributed by atoms with van der Waals surface area (Å²) >= 11 is 0. The molecule has 6 heteroatoms. The lowest BCUT2D eigenvalue weighted by Crippen LogP contribution is -2.17. The Hall–Kier alpha value is -2.60. The van der Waals surface area contributed by atoms with Crippen molar-refractivity contribution in [3.8, 4) is 0 Å². The summed E-state index contributed by atoms with van der Waals surface area (Å²) in [5.41, 5.74) is 0.921. The number of hydrogen-bond acceptors (Lipinski definition) is 6. The summed E-state index contributed by atoms with van der Waals surface area (Å²) < 4.78 is 5.37. The summed E-state index contributed by atoms with van der Waals surface area (Å²) in [6.45, 7) is 2.46. The predicted octanol–water partition coefficient (Wildman–Crippen LogP) is 3.20. The van der Waals surface area contributed by atoms with Crippen LogP contribution in [-0.2, 0) is 6.54 Å². The number of rotatable bonds is 8. The van der Waals surface area contributed by atoms with E-state index in [4.69, 9.17) is 4.42 Å². The fourth-order valence-corrected chi connectivity index (χ4v) is 2.47. The van der Waals surface area contributed by atoms with Crippen LogP contribution in [0.1, 0.15) is 12.2 Å². The van der Waals surface area contributed by atoms with E-state index in [1.807, 2.05) is 36.4 Å². The van der Waals surface area contributed by atoms with Crippen molar-refractivity contribution in [3.05, 3.63) is 48.4 Å². The van der Waals surface area contributed by atoms with Crippen molar-refractivity contribution in [2.24, 2.45) is 0 Å². The van der Waals surface area contributed by atoms with Crippen LogP contribution < -0.4 is 10.6 Å². The van der Waals surface area contributed by atoms with Gasteiger partial charge < -0.3 is 20.0 Å². The minimum absolute atomic E-state index is 0.591. The van der Waals surface area contributed by atoms with Gasteiger partial charge in [-0.1, -0.05) is 12.1 Å². The first kappa shape index (κ1) is 16.3. The topological polar surface area (TPSA) is 66.2 Å². The van der Waals surface area contributed by atoms with Gasteiger partial charge in [0.2, 0.25) is 5.95 Å². The molecule has 3 rings (SSSR count). The van der Waals surface area contributed by atoms with Crippen molar-refractivity contribution in [2.75, 3.05) is 37.8 Å². The quantitative estimate of drug-likeness (QED) is 0.620. The summed E-state index contributed by atoms with van der Waals surface area (Å²) in [7, 11) is 4.15. The number of aromatic nitrogens is 2. The van der Waals surface area contributed by atoms with Crippen LogP contribution in [0.2, 0.25) is 0 Å². The molecule has 0 aliphatic heterocycles. The van der Waals surface area contributed by atoms with E-state index in [0.29, 0.717) is 12.5 Å². The fraction of sp³-hybridized carbons (Fsp3) is 0.333. The van der Waals surface area contributed by atoms with Crippen LogP contribution in [0, 0.1) is 0 Å². The van der Waals surface area contributed by atoms with Crippen LogP contribution in [0.5, 0.6) is 0 Å². The Morgan fingerprint density at radius 3 is 2.71 bits per heavy atom. The highest BCUT2D eigenvalue weighted by Crippen LogP contribution is 2.22. The van der Waals surface area contributed by atoms with Crippen LogP contribution in [0.15, 0.2) is 47.1 Å². The van der Waals surface area contributed by atoms with Gasteiger partial charge >= 0.3 is 0 Å². The maximum absolute atomic E-state index is 5.37. The standard InChI is InChI=1S/C18H23N5O/c1-23(2)11-6-10-19-18-21-16-9-4-3-8-15(16)17(22-18)20-13-14-7-5-12-24-14/h3-5,7-9,12H,6,10-11,13H2,1-2H3,(H2,19,20,21,22). The SMILES string of the molecule is CN(C)CCCNc1nc(NCc2ccco2)c2ccccc2n1. The van der Waals surface area contributed by atoms with Gasteiger partial charge in [0.05, 0.1) is 18.3 Å². The van der Waals surface area contributed by atoms with E-state index < -0.39 is 0 Å². The highest BCUT2D eigenvalue weighted by molar-refractivity contribution is 5.89. The zero-order chi connectivity index (χ0) is 16.8. The zero-order valence-electron chi connectivity index (χ0n) is 14.1. The summed E-state index contributed by atoms with van der Waals surface area (Å²) in [5.74, 6) is 2.33. The molecule has 2 aromatic heterocycles. The van der Waals surface area contributed by atoms with Crippen molar-refractivity contribution < 1.29 is 4.42 Å². The second-order valence-corrected chi connectivity index (χ2v) is 5.93. The molecule has 0 spiro atoms. The molecule has 0 radical (unpaired) electrons. The number of hydrogen-bond donors (Lipinski definition) is 2. The molecule has 2 heterocycles. The fourth-order valence-electron chi connectivity index (χ4n) is 2.47. The molecule has 0 saturated heterocycles. The monoisotopic (exact) mass is 325 g/mol. The molecule has 0 bridgehead atoms. The Bertz CT molecular complexity index is 770. The molecule has 3 aromatic rings. The Morgan fingerprint density at radius 1 is 1.04 bits per heavy atom. The molecule has 0 amide bonds. The average Bonchev–Trinajstić information content (AvgIpc) is 3.10. The lowest BCUT2D eigenvalue weighted by molar-refractivity contribution is 0.405. The summed E-state index contributed by atoms with van der Waals surface area (Å²) in [4.78, 5) is 11.4. The lowest BCUT2D eigenvalue weighted by Gasteiger charge is -2.12. The highest BCUT2D eigenvalue weighted by Gasteiger charge is 2.08. The maximum atomic E-state index is 5.37. The predicted molar refractivity (Wildman–Crippen MR) is 97.2 cm³/mol. The second-order valence-electron chi connectivity index (χ2n) is 5.93. The molecule has 0 atom stereocenters. The van der Waals surface area contributed by atoms with Crippen molar-refractivity contribution in [2.45, 2.75) is 13.0 Å². The summed E-state index contributed by atoms with van der Waals surface area (Å²) in [6, 6.07) is 11.8. The molecule has 0 fully saturated rings. The van der Waals surface area contributed by atoms with E-state index in [-0.39, 0.29) is 0 Å². The van der Waals surface area contributed by atoms with Gasteiger partial charge in [-0.05, 0) is 51.3 Å². The number of furan rings is 1. The third kappa shape index (κ3) is 4.23. The van der Waals surface area contributed by atoms with Crippen LogP contribution in [0.25, 0.3) is 10.9 Å². The first-order chi connectivity index (χ1) is 11.7. The Balaban J connectivity index is 1.75. The molecular formula is C18H23N5O. The third-order valence-corrected chi connectivity index (χ3v) is 3.68. The van der Waals surface area contributed by atoms with Gasteiger partial charge in [-0.2, -0.15) is 4.98 Å². The largest absolute Gasteiger partial charge is 0.467 e. The molecule has 6 nitrogen and oxygen atoms in total. The first-order valence-corrected chi connectivity index (χ1v) is 8.14. The van der Waals surface area contributed by atoms with Crippen molar-refractivity contribution in [1.29, 1.82) is 0 Å². The Kier molecular flexibility index (Phi) is 5.28. The van der Waals surface area contributed by atoms with Crippen LogP contribution in [0.3, 0.4) is 0 Å². The lowest BCUT2D eigenvalue weighted by atomic mass is 10.2. The van der Waals surface area contributed by atoms with E-state index in [1.54, 1.807) is 6.26 Å². The Morgan fingerprint density at radius 2 is 1.92 bits per heavy atom. The number of benzene rings is 1. The molecule has 0 saturated carbocycles. The van der Waals surface area contributed by atoms with Crippen LogP contribution in [-0.4, -0.2) is 42.1 Å². The van der Waals surface area contributed by atoms with E-state index in [2.05, 4.69) is 39.6 Å². The second kappa shape index (κ2) is 7.79. The Labute approximate surface area is 141 Å². The van der Waals surface area contributed by atoms with E-state index in [1.165, 1.54) is 0 Å². The number of nitrogens with zero attached hydrogens (tertiary/aromatic N) is 3. The number of fused-ring (bicyclic) bond motifs is 1. The molecule has 126 valence electrons. The number of nitrogens with one attached hydrogen (secondary N) is 2. The van der Waals surface area contributed by atoms with Gasteiger partial charge in [-0.15, -0.1) is 0 Å². The van der Waals surface area contributed by atoms with Gasteiger partial charge in [-0.3, -0.25) is 0 Å². The molecule has 0 aliphatic carbocycles.